The largest absolute Gasteiger partial charge is 0.381 e. The summed E-state index contributed by atoms with van der Waals surface area (Å²) >= 11 is 3.50. The third-order valence-corrected chi connectivity index (χ3v) is 6.22. The van der Waals surface area contributed by atoms with Crippen molar-refractivity contribution in [1.29, 1.82) is 0 Å². The first-order valence-electron chi connectivity index (χ1n) is 8.95. The summed E-state index contributed by atoms with van der Waals surface area (Å²) in [5.74, 6) is 0.489. The van der Waals surface area contributed by atoms with Gasteiger partial charge in [0.05, 0.1) is 0 Å². The molecule has 2 atom stereocenters. The SMILES string of the molecule is N[C@@H]1CCC[C@H]1CC(=O)NCC1(c2ccc(Br)cc2)CCOCC1. The van der Waals surface area contributed by atoms with Gasteiger partial charge in [-0.2, -0.15) is 0 Å². The Morgan fingerprint density at radius 3 is 2.58 bits per heavy atom. The fourth-order valence-corrected chi connectivity index (χ4v) is 4.29. The molecule has 0 spiro atoms. The monoisotopic (exact) mass is 394 g/mol. The van der Waals surface area contributed by atoms with E-state index in [0.29, 0.717) is 18.9 Å². The van der Waals surface area contributed by atoms with E-state index in [9.17, 15) is 4.79 Å². The van der Waals surface area contributed by atoms with Crippen LogP contribution in [0.4, 0.5) is 0 Å². The summed E-state index contributed by atoms with van der Waals surface area (Å²) in [7, 11) is 0. The van der Waals surface area contributed by atoms with Gasteiger partial charge in [0.2, 0.25) is 5.91 Å². The number of amides is 1. The quantitative estimate of drug-likeness (QED) is 0.805. The molecule has 3 rings (SSSR count). The summed E-state index contributed by atoms with van der Waals surface area (Å²) in [6.07, 6.45) is 5.74. The van der Waals surface area contributed by atoms with E-state index in [2.05, 4.69) is 45.5 Å². The average molecular weight is 395 g/mol. The lowest BCUT2D eigenvalue weighted by Gasteiger charge is -2.38. The molecule has 132 valence electrons. The Labute approximate surface area is 152 Å². The number of nitrogens with two attached hydrogens (primary N) is 1. The van der Waals surface area contributed by atoms with Gasteiger partial charge in [-0.25, -0.2) is 0 Å². The Hall–Kier alpha value is -0.910. The molecule has 0 radical (unpaired) electrons. The molecule has 24 heavy (non-hydrogen) atoms. The van der Waals surface area contributed by atoms with Gasteiger partial charge >= 0.3 is 0 Å². The average Bonchev–Trinajstić information content (AvgIpc) is 2.99. The summed E-state index contributed by atoms with van der Waals surface area (Å²) in [5, 5.41) is 3.19. The molecule has 0 bridgehead atoms. The molecule has 1 heterocycles. The van der Waals surface area contributed by atoms with Gasteiger partial charge in [0.1, 0.15) is 0 Å². The molecule has 0 unspecified atom stereocenters. The van der Waals surface area contributed by atoms with E-state index in [0.717, 1.165) is 49.8 Å². The number of carbonyl (C=O) groups excluding carboxylic acids is 1. The van der Waals surface area contributed by atoms with Gasteiger partial charge in [-0.05, 0) is 49.3 Å². The van der Waals surface area contributed by atoms with Gasteiger partial charge in [-0.15, -0.1) is 0 Å². The molecule has 3 N–H and O–H groups in total. The third-order valence-electron chi connectivity index (χ3n) is 5.70. The van der Waals surface area contributed by atoms with E-state index in [-0.39, 0.29) is 17.4 Å². The van der Waals surface area contributed by atoms with Crippen molar-refractivity contribution in [3.63, 3.8) is 0 Å². The molecular formula is C19H27BrN2O2. The van der Waals surface area contributed by atoms with Crippen LogP contribution in [-0.4, -0.2) is 31.7 Å². The van der Waals surface area contributed by atoms with E-state index >= 15 is 0 Å². The minimum Gasteiger partial charge on any atom is -0.381 e. The number of benzene rings is 1. The summed E-state index contributed by atoms with van der Waals surface area (Å²) in [4.78, 5) is 12.4. The topological polar surface area (TPSA) is 64.4 Å². The van der Waals surface area contributed by atoms with Crippen LogP contribution in [0.25, 0.3) is 0 Å². The minimum atomic E-state index is -0.0214. The minimum absolute atomic E-state index is 0.0214. The van der Waals surface area contributed by atoms with Crippen molar-refractivity contribution in [3.8, 4) is 0 Å². The Kier molecular flexibility index (Phi) is 5.95. The van der Waals surface area contributed by atoms with Crippen LogP contribution in [0.15, 0.2) is 28.7 Å². The van der Waals surface area contributed by atoms with Crippen molar-refractivity contribution in [1.82, 2.24) is 5.32 Å². The van der Waals surface area contributed by atoms with E-state index in [1.807, 2.05) is 0 Å². The maximum atomic E-state index is 12.4. The first-order chi connectivity index (χ1) is 11.6. The van der Waals surface area contributed by atoms with Crippen LogP contribution in [0, 0.1) is 5.92 Å². The maximum Gasteiger partial charge on any atom is 0.220 e. The first kappa shape index (κ1) is 17.9. The molecule has 2 fully saturated rings. The van der Waals surface area contributed by atoms with Crippen LogP contribution in [0.1, 0.15) is 44.1 Å². The molecule has 2 aliphatic rings. The normalized spacial score (nSPS) is 26.2. The fourth-order valence-electron chi connectivity index (χ4n) is 4.03. The van der Waals surface area contributed by atoms with E-state index in [1.54, 1.807) is 0 Å². The predicted octanol–water partition coefficient (Wildman–Crippen LogP) is 3.13. The van der Waals surface area contributed by atoms with Crippen LogP contribution >= 0.6 is 15.9 Å². The summed E-state index contributed by atoms with van der Waals surface area (Å²) in [6.45, 7) is 2.18. The predicted molar refractivity (Wildman–Crippen MR) is 98.8 cm³/mol. The molecule has 4 nitrogen and oxygen atoms in total. The second-order valence-electron chi connectivity index (χ2n) is 7.24. The molecule has 1 aliphatic carbocycles. The van der Waals surface area contributed by atoms with Gasteiger partial charge in [-0.3, -0.25) is 4.79 Å². The maximum absolute atomic E-state index is 12.4. The van der Waals surface area contributed by atoms with Gasteiger partial charge in [-0.1, -0.05) is 34.5 Å². The van der Waals surface area contributed by atoms with Crippen LogP contribution in [-0.2, 0) is 14.9 Å². The van der Waals surface area contributed by atoms with E-state index in [4.69, 9.17) is 10.5 Å². The van der Waals surface area contributed by atoms with Crippen LogP contribution in [0.2, 0.25) is 0 Å². The lowest BCUT2D eigenvalue weighted by atomic mass is 9.74. The summed E-state index contributed by atoms with van der Waals surface area (Å²) in [5.41, 5.74) is 7.36. The molecule has 1 aliphatic heterocycles. The zero-order chi connectivity index (χ0) is 17.0. The Morgan fingerprint density at radius 2 is 1.96 bits per heavy atom. The number of rotatable bonds is 5. The highest BCUT2D eigenvalue weighted by Crippen LogP contribution is 2.35. The van der Waals surface area contributed by atoms with Crippen LogP contribution in [0.3, 0.4) is 0 Å². The van der Waals surface area contributed by atoms with Crippen molar-refractivity contribution in [2.24, 2.45) is 11.7 Å². The number of halogens is 1. The van der Waals surface area contributed by atoms with Crippen molar-refractivity contribution >= 4 is 21.8 Å². The van der Waals surface area contributed by atoms with Crippen molar-refractivity contribution in [2.75, 3.05) is 19.8 Å². The van der Waals surface area contributed by atoms with Crippen LogP contribution in [0.5, 0.6) is 0 Å². The zero-order valence-electron chi connectivity index (χ0n) is 14.1. The van der Waals surface area contributed by atoms with E-state index < -0.39 is 0 Å². The first-order valence-corrected chi connectivity index (χ1v) is 9.74. The van der Waals surface area contributed by atoms with Gasteiger partial charge in [0.15, 0.2) is 0 Å². The summed E-state index contributed by atoms with van der Waals surface area (Å²) < 4.78 is 6.64. The molecule has 1 aromatic rings. The Bertz CT molecular complexity index is 555. The smallest absolute Gasteiger partial charge is 0.220 e. The number of carbonyl (C=O) groups is 1. The fraction of sp³-hybridized carbons (Fsp3) is 0.632. The van der Waals surface area contributed by atoms with Crippen molar-refractivity contribution < 1.29 is 9.53 Å². The third kappa shape index (κ3) is 4.19. The number of nitrogens with one attached hydrogen (secondary N) is 1. The molecule has 1 saturated carbocycles. The molecule has 0 aromatic heterocycles. The van der Waals surface area contributed by atoms with Gasteiger partial charge in [0, 0.05) is 42.1 Å². The number of ether oxygens (including phenoxy) is 1. The van der Waals surface area contributed by atoms with Crippen LogP contribution < -0.4 is 11.1 Å². The number of hydrogen-bond donors (Lipinski definition) is 2. The lowest BCUT2D eigenvalue weighted by molar-refractivity contribution is -0.122. The summed E-state index contributed by atoms with van der Waals surface area (Å²) in [6, 6.07) is 8.67. The van der Waals surface area contributed by atoms with Crippen molar-refractivity contribution in [2.45, 2.75) is 50.0 Å². The molecule has 1 saturated heterocycles. The second-order valence-corrected chi connectivity index (χ2v) is 8.15. The lowest BCUT2D eigenvalue weighted by Crippen LogP contribution is -2.45. The molecule has 1 aromatic carbocycles. The van der Waals surface area contributed by atoms with Gasteiger partial charge < -0.3 is 15.8 Å². The molecule has 5 heteroatoms. The molecule has 1 amide bonds. The van der Waals surface area contributed by atoms with E-state index in [1.165, 1.54) is 5.56 Å². The Balaban J connectivity index is 1.64. The highest BCUT2D eigenvalue weighted by molar-refractivity contribution is 9.10. The van der Waals surface area contributed by atoms with Crippen molar-refractivity contribution in [3.05, 3.63) is 34.3 Å². The highest BCUT2D eigenvalue weighted by atomic mass is 79.9. The zero-order valence-corrected chi connectivity index (χ0v) is 15.7. The number of hydrogen-bond acceptors (Lipinski definition) is 3. The molecular weight excluding hydrogens is 368 g/mol. The Morgan fingerprint density at radius 1 is 1.25 bits per heavy atom. The standard InChI is InChI=1S/C19H27BrN2O2/c20-16-6-4-15(5-7-16)19(8-10-24-11-9-19)13-22-18(23)12-14-2-1-3-17(14)21/h4-7,14,17H,1-3,8-13,21H2,(H,22,23)/t14-,17+/m0/s1. The van der Waals surface area contributed by atoms with Gasteiger partial charge in [0.25, 0.3) is 0 Å². The second kappa shape index (κ2) is 7.98. The highest BCUT2D eigenvalue weighted by Gasteiger charge is 2.35.